The fourth-order valence-electron chi connectivity index (χ4n) is 3.40. The van der Waals surface area contributed by atoms with Gasteiger partial charge in [0, 0.05) is 18.1 Å². The first kappa shape index (κ1) is 14.2. The van der Waals surface area contributed by atoms with Crippen LogP contribution in [0.2, 0.25) is 5.02 Å². The largest absolute Gasteiger partial charge is 0.330 e. The minimum Gasteiger partial charge on any atom is -0.330 e. The van der Waals surface area contributed by atoms with Crippen LogP contribution in [0, 0.1) is 0 Å². The lowest BCUT2D eigenvalue weighted by atomic mass is 10.1. The van der Waals surface area contributed by atoms with E-state index in [1.165, 1.54) is 18.4 Å². The molecule has 1 unspecified atom stereocenters. The van der Waals surface area contributed by atoms with Gasteiger partial charge in [0.05, 0.1) is 17.6 Å². The summed E-state index contributed by atoms with van der Waals surface area (Å²) >= 11 is 7.86. The van der Waals surface area contributed by atoms with Crippen LogP contribution < -0.4 is 0 Å². The van der Waals surface area contributed by atoms with Crippen molar-refractivity contribution in [1.29, 1.82) is 0 Å². The summed E-state index contributed by atoms with van der Waals surface area (Å²) < 4.78 is 2.19. The molecule has 0 N–H and O–H groups in total. The Hall–Kier alpha value is -1.36. The van der Waals surface area contributed by atoms with Crippen molar-refractivity contribution in [2.24, 2.45) is 7.05 Å². The second-order valence-corrected chi connectivity index (χ2v) is 7.12. The fourth-order valence-corrected chi connectivity index (χ4v) is 4.28. The molecule has 0 radical (unpaired) electrons. The topological polar surface area (TPSA) is 21.1 Å². The maximum atomic E-state index is 6.08. The van der Waals surface area contributed by atoms with E-state index in [-0.39, 0.29) is 0 Å². The molecule has 4 rings (SSSR count). The maximum absolute atomic E-state index is 6.08. The van der Waals surface area contributed by atoms with E-state index in [1.54, 1.807) is 11.3 Å². The van der Waals surface area contributed by atoms with Gasteiger partial charge in [-0.2, -0.15) is 11.3 Å². The highest BCUT2D eigenvalue weighted by atomic mass is 35.5. The van der Waals surface area contributed by atoms with Gasteiger partial charge in [-0.1, -0.05) is 11.6 Å². The van der Waals surface area contributed by atoms with E-state index < -0.39 is 0 Å². The molecule has 0 saturated carbocycles. The molecular weight excluding hydrogens is 314 g/mol. The molecule has 1 aliphatic rings. The molecule has 1 fully saturated rings. The van der Waals surface area contributed by atoms with Crippen molar-refractivity contribution in [3.05, 3.63) is 51.4 Å². The van der Waals surface area contributed by atoms with Gasteiger partial charge in [0.15, 0.2) is 0 Å². The second-order valence-electron chi connectivity index (χ2n) is 5.91. The predicted molar refractivity (Wildman–Crippen MR) is 92.4 cm³/mol. The van der Waals surface area contributed by atoms with Gasteiger partial charge in [-0.15, -0.1) is 0 Å². The molecular formula is C17H18ClN3S. The standard InChI is InChI=1S/C17H18ClN3S/c1-20-16-5-4-13(18)9-14(16)19-17(20)10-21-7-2-3-15(21)12-6-8-22-11-12/h4-6,8-9,11,15H,2-3,7,10H2,1H3. The number of hydrogen-bond donors (Lipinski definition) is 0. The minimum atomic E-state index is 0.537. The zero-order valence-electron chi connectivity index (χ0n) is 12.5. The number of thiophene rings is 1. The number of fused-ring (bicyclic) bond motifs is 1. The van der Waals surface area contributed by atoms with Gasteiger partial charge in [-0.3, -0.25) is 4.90 Å². The highest BCUT2D eigenvalue weighted by molar-refractivity contribution is 7.07. The van der Waals surface area contributed by atoms with E-state index in [4.69, 9.17) is 16.6 Å². The van der Waals surface area contributed by atoms with Crippen LogP contribution in [0.1, 0.15) is 30.3 Å². The molecule has 1 aromatic carbocycles. The van der Waals surface area contributed by atoms with Crippen molar-refractivity contribution in [2.45, 2.75) is 25.4 Å². The lowest BCUT2D eigenvalue weighted by Gasteiger charge is -2.23. The van der Waals surface area contributed by atoms with Gasteiger partial charge >= 0.3 is 0 Å². The molecule has 1 atom stereocenters. The summed E-state index contributed by atoms with van der Waals surface area (Å²) in [6.45, 7) is 2.04. The second kappa shape index (κ2) is 5.69. The Balaban J connectivity index is 1.64. The van der Waals surface area contributed by atoms with Crippen molar-refractivity contribution in [3.8, 4) is 0 Å². The molecule has 3 nitrogen and oxygen atoms in total. The van der Waals surface area contributed by atoms with Crippen LogP contribution in [0.5, 0.6) is 0 Å². The Morgan fingerprint density at radius 1 is 1.36 bits per heavy atom. The van der Waals surface area contributed by atoms with Gasteiger partial charge in [-0.05, 0) is 60.0 Å². The van der Waals surface area contributed by atoms with E-state index in [1.807, 2.05) is 12.1 Å². The Kier molecular flexibility index (Phi) is 3.68. The zero-order chi connectivity index (χ0) is 15.1. The van der Waals surface area contributed by atoms with Crippen molar-refractivity contribution < 1.29 is 0 Å². The van der Waals surface area contributed by atoms with Gasteiger partial charge in [0.1, 0.15) is 5.82 Å². The molecule has 2 aromatic heterocycles. The van der Waals surface area contributed by atoms with Crippen molar-refractivity contribution >= 4 is 34.0 Å². The number of rotatable bonds is 3. The highest BCUT2D eigenvalue weighted by Crippen LogP contribution is 2.34. The molecule has 3 heterocycles. The Morgan fingerprint density at radius 2 is 2.27 bits per heavy atom. The van der Waals surface area contributed by atoms with Crippen LogP contribution in [0.3, 0.4) is 0 Å². The minimum absolute atomic E-state index is 0.537. The van der Waals surface area contributed by atoms with Crippen LogP contribution in [0.15, 0.2) is 35.0 Å². The average molecular weight is 332 g/mol. The first-order valence-corrected chi connectivity index (χ1v) is 8.91. The van der Waals surface area contributed by atoms with Crippen LogP contribution >= 0.6 is 22.9 Å². The van der Waals surface area contributed by atoms with Crippen LogP contribution in [0.4, 0.5) is 0 Å². The van der Waals surface area contributed by atoms with Gasteiger partial charge in [0.25, 0.3) is 0 Å². The first-order chi connectivity index (χ1) is 10.7. The monoisotopic (exact) mass is 331 g/mol. The molecule has 0 aliphatic carbocycles. The lowest BCUT2D eigenvalue weighted by Crippen LogP contribution is -2.24. The summed E-state index contributed by atoms with van der Waals surface area (Å²) in [4.78, 5) is 7.34. The summed E-state index contributed by atoms with van der Waals surface area (Å²) in [7, 11) is 2.09. The maximum Gasteiger partial charge on any atom is 0.123 e. The van der Waals surface area contributed by atoms with E-state index in [9.17, 15) is 0 Å². The number of nitrogens with zero attached hydrogens (tertiary/aromatic N) is 3. The van der Waals surface area contributed by atoms with Crippen LogP contribution in [-0.2, 0) is 13.6 Å². The van der Waals surface area contributed by atoms with Crippen molar-refractivity contribution in [1.82, 2.24) is 14.5 Å². The molecule has 0 amide bonds. The third-order valence-corrected chi connectivity index (χ3v) is 5.51. The van der Waals surface area contributed by atoms with Crippen LogP contribution in [-0.4, -0.2) is 21.0 Å². The van der Waals surface area contributed by atoms with Gasteiger partial charge < -0.3 is 4.57 Å². The molecule has 1 saturated heterocycles. The number of aromatic nitrogens is 2. The average Bonchev–Trinajstić information content (AvgIpc) is 3.21. The van der Waals surface area contributed by atoms with E-state index in [0.717, 1.165) is 35.0 Å². The summed E-state index contributed by atoms with van der Waals surface area (Å²) in [6.07, 6.45) is 2.50. The number of likely N-dealkylation sites (tertiary alicyclic amines) is 1. The summed E-state index contributed by atoms with van der Waals surface area (Å²) in [5, 5.41) is 5.19. The summed E-state index contributed by atoms with van der Waals surface area (Å²) in [5.74, 6) is 1.11. The highest BCUT2D eigenvalue weighted by Gasteiger charge is 2.27. The van der Waals surface area contributed by atoms with Gasteiger partial charge in [-0.25, -0.2) is 4.98 Å². The molecule has 0 bridgehead atoms. The lowest BCUT2D eigenvalue weighted by molar-refractivity contribution is 0.241. The Labute approximate surface area is 139 Å². The smallest absolute Gasteiger partial charge is 0.123 e. The summed E-state index contributed by atoms with van der Waals surface area (Å²) in [6, 6.07) is 8.71. The van der Waals surface area contributed by atoms with Crippen LogP contribution in [0.25, 0.3) is 11.0 Å². The molecule has 5 heteroatoms. The Bertz CT molecular complexity index is 794. The third-order valence-electron chi connectivity index (χ3n) is 4.57. The van der Waals surface area contributed by atoms with E-state index >= 15 is 0 Å². The third kappa shape index (κ3) is 2.45. The Morgan fingerprint density at radius 3 is 3.09 bits per heavy atom. The number of aryl methyl sites for hydroxylation is 1. The molecule has 3 aromatic rings. The summed E-state index contributed by atoms with van der Waals surface area (Å²) in [5.41, 5.74) is 3.58. The SMILES string of the molecule is Cn1c(CN2CCCC2c2ccsc2)nc2cc(Cl)ccc21. The van der Waals surface area contributed by atoms with E-state index in [2.05, 4.69) is 39.4 Å². The number of benzene rings is 1. The van der Waals surface area contributed by atoms with E-state index in [0.29, 0.717) is 6.04 Å². The number of halogens is 1. The van der Waals surface area contributed by atoms with Crippen molar-refractivity contribution in [2.75, 3.05) is 6.54 Å². The zero-order valence-corrected chi connectivity index (χ0v) is 14.1. The van der Waals surface area contributed by atoms with Crippen molar-refractivity contribution in [3.63, 3.8) is 0 Å². The molecule has 114 valence electrons. The molecule has 22 heavy (non-hydrogen) atoms. The first-order valence-electron chi connectivity index (χ1n) is 7.59. The fraction of sp³-hybridized carbons (Fsp3) is 0.353. The predicted octanol–water partition coefficient (Wildman–Crippen LogP) is 4.63. The molecule has 1 aliphatic heterocycles. The molecule has 0 spiro atoms. The van der Waals surface area contributed by atoms with Gasteiger partial charge in [0.2, 0.25) is 0 Å². The number of imidazole rings is 1. The normalized spacial score (nSPS) is 19.3. The number of hydrogen-bond acceptors (Lipinski definition) is 3. The quantitative estimate of drug-likeness (QED) is 0.698.